The minimum atomic E-state index is -0.247. The van der Waals surface area contributed by atoms with E-state index in [-0.39, 0.29) is 24.3 Å². The van der Waals surface area contributed by atoms with E-state index in [0.717, 1.165) is 29.0 Å². The van der Waals surface area contributed by atoms with Gasteiger partial charge in [0.2, 0.25) is 5.91 Å². The number of hydrogen-bond donors (Lipinski definition) is 2. The summed E-state index contributed by atoms with van der Waals surface area (Å²) < 4.78 is 10.8. The molecule has 3 aromatic rings. The van der Waals surface area contributed by atoms with Gasteiger partial charge in [0.15, 0.2) is 0 Å². The van der Waals surface area contributed by atoms with Crippen molar-refractivity contribution < 1.29 is 18.8 Å². The Morgan fingerprint density at radius 3 is 2.70 bits per heavy atom. The second-order valence-corrected chi connectivity index (χ2v) is 7.60. The minimum absolute atomic E-state index is 0.0757. The van der Waals surface area contributed by atoms with Crippen LogP contribution in [0.4, 0.5) is 11.4 Å². The first-order chi connectivity index (χ1) is 14.4. The number of aromatic nitrogens is 1. The molecular weight excluding hydrogens is 382 g/mol. The topological polar surface area (TPSA) is 93.5 Å². The Morgan fingerprint density at radius 1 is 1.10 bits per heavy atom. The Balaban J connectivity index is 1.45. The highest BCUT2D eigenvalue weighted by Crippen LogP contribution is 2.31. The molecule has 0 bridgehead atoms. The van der Waals surface area contributed by atoms with Gasteiger partial charge in [-0.05, 0) is 62.2 Å². The van der Waals surface area contributed by atoms with E-state index in [2.05, 4.69) is 15.8 Å². The summed E-state index contributed by atoms with van der Waals surface area (Å²) in [5.41, 5.74) is 4.41. The van der Waals surface area contributed by atoms with Gasteiger partial charge in [-0.15, -0.1) is 0 Å². The zero-order chi connectivity index (χ0) is 21.3. The maximum absolute atomic E-state index is 12.7. The Morgan fingerprint density at radius 2 is 1.93 bits per heavy atom. The van der Waals surface area contributed by atoms with E-state index in [1.54, 1.807) is 31.2 Å². The first kappa shape index (κ1) is 19.7. The lowest BCUT2D eigenvalue weighted by Crippen LogP contribution is -2.17. The van der Waals surface area contributed by atoms with Gasteiger partial charge in [0.25, 0.3) is 5.91 Å². The van der Waals surface area contributed by atoms with Crippen LogP contribution in [0.15, 0.2) is 47.0 Å². The van der Waals surface area contributed by atoms with Crippen LogP contribution in [0.2, 0.25) is 0 Å². The molecule has 1 atom stereocenters. The van der Waals surface area contributed by atoms with Crippen molar-refractivity contribution in [1.29, 1.82) is 0 Å². The van der Waals surface area contributed by atoms with E-state index < -0.39 is 0 Å². The first-order valence-electron chi connectivity index (χ1n) is 9.81. The number of aryl methyl sites for hydroxylation is 2. The molecule has 2 N–H and O–H groups in total. The van der Waals surface area contributed by atoms with E-state index in [4.69, 9.17) is 9.26 Å². The number of carbonyl (C=O) groups is 2. The fourth-order valence-corrected chi connectivity index (χ4v) is 3.45. The summed E-state index contributed by atoms with van der Waals surface area (Å²) in [5, 5.41) is 9.54. The van der Waals surface area contributed by atoms with E-state index in [0.29, 0.717) is 22.7 Å². The monoisotopic (exact) mass is 405 g/mol. The number of amides is 2. The molecule has 2 aromatic carbocycles. The molecule has 4 rings (SSSR count). The smallest absolute Gasteiger partial charge is 0.255 e. The quantitative estimate of drug-likeness (QED) is 0.668. The molecule has 7 heteroatoms. The molecule has 0 aliphatic carbocycles. The zero-order valence-electron chi connectivity index (χ0n) is 17.1. The van der Waals surface area contributed by atoms with Gasteiger partial charge in [-0.25, -0.2) is 0 Å². The third kappa shape index (κ3) is 4.35. The maximum Gasteiger partial charge on any atom is 0.255 e. The van der Waals surface area contributed by atoms with Crippen molar-refractivity contribution in [3.63, 3.8) is 0 Å². The van der Waals surface area contributed by atoms with Crippen molar-refractivity contribution in [1.82, 2.24) is 5.16 Å². The van der Waals surface area contributed by atoms with Crippen LogP contribution < -0.4 is 15.4 Å². The predicted molar refractivity (Wildman–Crippen MR) is 113 cm³/mol. The van der Waals surface area contributed by atoms with Crippen molar-refractivity contribution in [2.24, 2.45) is 0 Å². The van der Waals surface area contributed by atoms with Crippen LogP contribution in [-0.2, 0) is 17.6 Å². The molecule has 1 aromatic heterocycles. The Bertz CT molecular complexity index is 1120. The lowest BCUT2D eigenvalue weighted by molar-refractivity contribution is -0.115. The summed E-state index contributed by atoms with van der Waals surface area (Å²) >= 11 is 0. The highest BCUT2D eigenvalue weighted by molar-refractivity contribution is 6.05. The summed E-state index contributed by atoms with van der Waals surface area (Å²) in [6.07, 6.45) is 1.05. The highest BCUT2D eigenvalue weighted by Gasteiger charge is 2.19. The molecule has 0 radical (unpaired) electrons. The second kappa shape index (κ2) is 8.02. The van der Waals surface area contributed by atoms with Gasteiger partial charge < -0.3 is 19.9 Å². The van der Waals surface area contributed by atoms with Crippen LogP contribution >= 0.6 is 0 Å². The molecular formula is C23H23N3O4. The van der Waals surface area contributed by atoms with Crippen LogP contribution in [0, 0.1) is 13.8 Å². The van der Waals surface area contributed by atoms with Gasteiger partial charge in [-0.3, -0.25) is 9.59 Å². The Labute approximate surface area is 174 Å². The molecule has 2 heterocycles. The number of hydrogen-bond acceptors (Lipinski definition) is 5. The summed E-state index contributed by atoms with van der Waals surface area (Å²) in [4.78, 5) is 25.1. The van der Waals surface area contributed by atoms with E-state index in [1.165, 1.54) is 0 Å². The average Bonchev–Trinajstić information content (AvgIpc) is 3.27. The number of nitrogens with zero attached hydrogens (tertiary/aromatic N) is 1. The van der Waals surface area contributed by atoms with Crippen molar-refractivity contribution in [2.45, 2.75) is 39.7 Å². The van der Waals surface area contributed by atoms with Crippen molar-refractivity contribution in [3.05, 3.63) is 70.6 Å². The lowest BCUT2D eigenvalue weighted by atomic mass is 10.1. The van der Waals surface area contributed by atoms with Crippen LogP contribution in [-0.4, -0.2) is 23.1 Å². The number of nitrogens with one attached hydrogen (secondary N) is 2. The molecule has 1 unspecified atom stereocenters. The van der Waals surface area contributed by atoms with Crippen molar-refractivity contribution in [3.8, 4) is 5.75 Å². The maximum atomic E-state index is 12.7. The molecule has 0 saturated heterocycles. The number of anilines is 2. The van der Waals surface area contributed by atoms with E-state index in [9.17, 15) is 9.59 Å². The highest BCUT2D eigenvalue weighted by atomic mass is 16.5. The third-order valence-electron chi connectivity index (χ3n) is 4.94. The zero-order valence-corrected chi connectivity index (χ0v) is 17.1. The number of carbonyl (C=O) groups excluding carboxylic acids is 2. The van der Waals surface area contributed by atoms with Gasteiger partial charge in [-0.2, -0.15) is 0 Å². The van der Waals surface area contributed by atoms with Crippen molar-refractivity contribution >= 4 is 23.2 Å². The lowest BCUT2D eigenvalue weighted by Gasteiger charge is -2.11. The Hall–Kier alpha value is -3.61. The molecule has 7 nitrogen and oxygen atoms in total. The molecule has 0 fully saturated rings. The second-order valence-electron chi connectivity index (χ2n) is 7.60. The van der Waals surface area contributed by atoms with Crippen LogP contribution in [0.5, 0.6) is 5.75 Å². The molecule has 0 saturated carbocycles. The molecule has 1 aliphatic rings. The fourth-order valence-electron chi connectivity index (χ4n) is 3.45. The summed E-state index contributed by atoms with van der Waals surface area (Å²) in [5.74, 6) is 0.872. The summed E-state index contributed by atoms with van der Waals surface area (Å²) in [6, 6.07) is 12.6. The van der Waals surface area contributed by atoms with Gasteiger partial charge >= 0.3 is 0 Å². The number of ether oxygens (including phenoxy) is 1. The standard InChI is InChI=1S/C23H23N3O4/c1-13-4-5-16(11-20(13)25-22(27)12-19-8-14(2)26-30-19)23(28)24-18-6-7-21-17(10-18)9-15(3)29-21/h4-8,10-11,15H,9,12H2,1-3H3,(H,24,28)(H,25,27). The van der Waals surface area contributed by atoms with E-state index >= 15 is 0 Å². The molecule has 154 valence electrons. The number of fused-ring (bicyclic) bond motifs is 1. The molecule has 1 aliphatic heterocycles. The van der Waals surface area contributed by atoms with Crippen LogP contribution in [0.3, 0.4) is 0 Å². The minimum Gasteiger partial charge on any atom is -0.490 e. The van der Waals surface area contributed by atoms with Crippen LogP contribution in [0.1, 0.15) is 39.9 Å². The average molecular weight is 405 g/mol. The van der Waals surface area contributed by atoms with Gasteiger partial charge in [0, 0.05) is 29.4 Å². The number of benzene rings is 2. The first-order valence-corrected chi connectivity index (χ1v) is 9.81. The SMILES string of the molecule is Cc1cc(CC(=O)Nc2cc(C(=O)Nc3ccc4c(c3)CC(C)O4)ccc2C)on1. The summed E-state index contributed by atoms with van der Waals surface area (Å²) in [6.45, 7) is 5.69. The van der Waals surface area contributed by atoms with Gasteiger partial charge in [-0.1, -0.05) is 11.2 Å². The van der Waals surface area contributed by atoms with E-state index in [1.807, 2.05) is 32.0 Å². The largest absolute Gasteiger partial charge is 0.490 e. The predicted octanol–water partition coefficient (Wildman–Crippen LogP) is 4.05. The normalized spacial score (nSPS) is 14.7. The van der Waals surface area contributed by atoms with Gasteiger partial charge in [0.1, 0.15) is 17.6 Å². The molecule has 2 amide bonds. The third-order valence-corrected chi connectivity index (χ3v) is 4.94. The van der Waals surface area contributed by atoms with Crippen molar-refractivity contribution in [2.75, 3.05) is 10.6 Å². The molecule has 0 spiro atoms. The molecule has 30 heavy (non-hydrogen) atoms. The van der Waals surface area contributed by atoms with Crippen LogP contribution in [0.25, 0.3) is 0 Å². The number of rotatable bonds is 5. The fraction of sp³-hybridized carbons (Fsp3) is 0.261. The Kier molecular flexibility index (Phi) is 5.27. The summed E-state index contributed by atoms with van der Waals surface area (Å²) in [7, 11) is 0. The van der Waals surface area contributed by atoms with Gasteiger partial charge in [0.05, 0.1) is 12.1 Å².